The topological polar surface area (TPSA) is 107 Å². The monoisotopic (exact) mass is 501 g/mol. The summed E-state index contributed by atoms with van der Waals surface area (Å²) in [4.78, 5) is 12.9. The number of amides is 1. The largest absolute Gasteiger partial charge is 0.497 e. The molecule has 3 aromatic carbocycles. The van der Waals surface area contributed by atoms with Crippen molar-refractivity contribution in [3.63, 3.8) is 0 Å². The predicted octanol–water partition coefficient (Wildman–Crippen LogP) is 4.37. The third-order valence-corrected chi connectivity index (χ3v) is 5.29. The zero-order valence-electron chi connectivity index (χ0n) is 19.7. The lowest BCUT2D eigenvalue weighted by atomic mass is 10.1. The van der Waals surface area contributed by atoms with Gasteiger partial charge in [0.1, 0.15) is 41.4 Å². The molecule has 7 nitrogen and oxygen atoms in total. The normalized spacial score (nSPS) is 11.6. The lowest BCUT2D eigenvalue weighted by Gasteiger charge is -2.20. The molecule has 0 radical (unpaired) electrons. The summed E-state index contributed by atoms with van der Waals surface area (Å²) < 4.78 is 59.2. The fourth-order valence-electron chi connectivity index (χ4n) is 3.43. The van der Waals surface area contributed by atoms with Crippen LogP contribution in [0.15, 0.2) is 54.6 Å². The molecule has 0 saturated heterocycles. The maximum absolute atomic E-state index is 14.6. The maximum Gasteiger partial charge on any atom is 0.254 e. The summed E-state index contributed by atoms with van der Waals surface area (Å²) >= 11 is 0. The fraction of sp³-hybridized carbons (Fsp3) is 0.231. The maximum atomic E-state index is 14.6. The van der Waals surface area contributed by atoms with Gasteiger partial charge in [-0.15, -0.1) is 0 Å². The van der Waals surface area contributed by atoms with Gasteiger partial charge in [-0.25, -0.2) is 13.2 Å². The van der Waals surface area contributed by atoms with Gasteiger partial charge in [0.2, 0.25) is 0 Å². The molecule has 190 valence electrons. The Bertz CT molecular complexity index is 1230. The Balaban J connectivity index is 1.82. The van der Waals surface area contributed by atoms with Crippen molar-refractivity contribution in [2.75, 3.05) is 13.7 Å². The summed E-state index contributed by atoms with van der Waals surface area (Å²) in [6, 6.07) is 12.7. The minimum absolute atomic E-state index is 0.0211. The van der Waals surface area contributed by atoms with Gasteiger partial charge in [0.25, 0.3) is 5.91 Å². The van der Waals surface area contributed by atoms with E-state index >= 15 is 0 Å². The van der Waals surface area contributed by atoms with Gasteiger partial charge >= 0.3 is 0 Å². The van der Waals surface area contributed by atoms with Crippen molar-refractivity contribution in [3.8, 4) is 11.5 Å². The second-order valence-electron chi connectivity index (χ2n) is 7.67. The molecule has 0 spiro atoms. The van der Waals surface area contributed by atoms with Crippen LogP contribution in [0.4, 0.5) is 13.2 Å². The molecular formula is C26H26F3N3O4. The molecule has 0 aliphatic carbocycles. The molecule has 10 heteroatoms. The number of methoxy groups -OCH3 is 1. The number of hydrogen-bond acceptors (Lipinski definition) is 5. The first-order valence-corrected chi connectivity index (χ1v) is 11.0. The molecule has 1 atom stereocenters. The number of benzene rings is 3. The number of carbonyl (C=O) groups is 1. The number of nitrogen functional groups attached to an aromatic ring is 1. The quantitative estimate of drug-likeness (QED) is 0.267. The summed E-state index contributed by atoms with van der Waals surface area (Å²) in [5.41, 5.74) is 6.17. The SMILES string of the molecule is CCOC(C(=O)NCc1ccc(C(=N)N)cc1OCc1ccccc1F)c1c(F)cc(OC)cc1F. The minimum Gasteiger partial charge on any atom is -0.497 e. The summed E-state index contributed by atoms with van der Waals surface area (Å²) in [7, 11) is 1.27. The number of nitrogens with one attached hydrogen (secondary N) is 2. The first-order valence-electron chi connectivity index (χ1n) is 11.0. The Hall–Kier alpha value is -4.05. The average Bonchev–Trinajstić information content (AvgIpc) is 2.85. The van der Waals surface area contributed by atoms with Crippen molar-refractivity contribution in [2.45, 2.75) is 26.2 Å². The minimum atomic E-state index is -1.56. The van der Waals surface area contributed by atoms with E-state index < -0.39 is 35.0 Å². The van der Waals surface area contributed by atoms with Crippen LogP contribution in [0.1, 0.15) is 35.3 Å². The molecule has 1 amide bonds. The van der Waals surface area contributed by atoms with Gasteiger partial charge in [-0.05, 0) is 19.1 Å². The van der Waals surface area contributed by atoms with Crippen LogP contribution in [0.2, 0.25) is 0 Å². The molecule has 0 fully saturated rings. The number of rotatable bonds is 11. The lowest BCUT2D eigenvalue weighted by molar-refractivity contribution is -0.133. The highest BCUT2D eigenvalue weighted by molar-refractivity contribution is 5.95. The third-order valence-electron chi connectivity index (χ3n) is 5.29. The van der Waals surface area contributed by atoms with Gasteiger partial charge < -0.3 is 25.3 Å². The number of hydrogen-bond donors (Lipinski definition) is 3. The number of halogens is 3. The summed E-state index contributed by atoms with van der Waals surface area (Å²) in [6.45, 7) is 1.40. The molecule has 0 aliphatic heterocycles. The van der Waals surface area contributed by atoms with E-state index in [0.29, 0.717) is 16.7 Å². The van der Waals surface area contributed by atoms with Gasteiger partial charge in [0, 0.05) is 42.0 Å². The van der Waals surface area contributed by atoms with Crippen LogP contribution in [0.25, 0.3) is 0 Å². The molecule has 3 rings (SSSR count). The van der Waals surface area contributed by atoms with Crippen molar-refractivity contribution in [3.05, 3.63) is 94.3 Å². The van der Waals surface area contributed by atoms with Crippen molar-refractivity contribution in [2.24, 2.45) is 5.73 Å². The fourth-order valence-corrected chi connectivity index (χ4v) is 3.43. The van der Waals surface area contributed by atoms with E-state index in [4.69, 9.17) is 25.4 Å². The third kappa shape index (κ3) is 6.33. The lowest BCUT2D eigenvalue weighted by Crippen LogP contribution is -2.32. The van der Waals surface area contributed by atoms with Crippen LogP contribution in [-0.2, 0) is 22.7 Å². The molecular weight excluding hydrogens is 475 g/mol. The highest BCUT2D eigenvalue weighted by atomic mass is 19.1. The second kappa shape index (κ2) is 12.1. The zero-order chi connectivity index (χ0) is 26.2. The van der Waals surface area contributed by atoms with E-state index in [1.807, 2.05) is 0 Å². The van der Waals surface area contributed by atoms with Crippen molar-refractivity contribution in [1.82, 2.24) is 5.32 Å². The van der Waals surface area contributed by atoms with E-state index in [1.54, 1.807) is 37.3 Å². The van der Waals surface area contributed by atoms with E-state index in [0.717, 1.165) is 12.1 Å². The average molecular weight is 502 g/mol. The van der Waals surface area contributed by atoms with Crippen LogP contribution < -0.4 is 20.5 Å². The molecule has 0 aliphatic rings. The van der Waals surface area contributed by atoms with E-state index in [9.17, 15) is 18.0 Å². The predicted molar refractivity (Wildman–Crippen MR) is 127 cm³/mol. The Kier molecular flexibility index (Phi) is 8.91. The Morgan fingerprint density at radius 2 is 1.72 bits per heavy atom. The van der Waals surface area contributed by atoms with Crippen LogP contribution in [0.3, 0.4) is 0 Å². The van der Waals surface area contributed by atoms with Crippen LogP contribution in [0, 0.1) is 22.9 Å². The molecule has 1 unspecified atom stereocenters. The van der Waals surface area contributed by atoms with Crippen LogP contribution in [0.5, 0.6) is 11.5 Å². The van der Waals surface area contributed by atoms with Crippen LogP contribution >= 0.6 is 0 Å². The smallest absolute Gasteiger partial charge is 0.254 e. The highest BCUT2D eigenvalue weighted by Gasteiger charge is 2.28. The molecule has 0 aromatic heterocycles. The van der Waals surface area contributed by atoms with Gasteiger partial charge in [-0.2, -0.15) is 0 Å². The molecule has 36 heavy (non-hydrogen) atoms. The molecule has 0 heterocycles. The summed E-state index contributed by atoms with van der Waals surface area (Å²) in [6.07, 6.45) is -1.56. The highest BCUT2D eigenvalue weighted by Crippen LogP contribution is 2.29. The first kappa shape index (κ1) is 26.6. The van der Waals surface area contributed by atoms with E-state index in [-0.39, 0.29) is 37.1 Å². The Morgan fingerprint density at radius 3 is 2.33 bits per heavy atom. The molecule has 3 aromatic rings. The van der Waals surface area contributed by atoms with E-state index in [1.165, 1.54) is 19.2 Å². The second-order valence-corrected chi connectivity index (χ2v) is 7.67. The molecule has 4 N–H and O–H groups in total. The number of carbonyl (C=O) groups excluding carboxylic acids is 1. The van der Waals surface area contributed by atoms with Crippen LogP contribution in [-0.4, -0.2) is 25.5 Å². The Morgan fingerprint density at radius 1 is 1.03 bits per heavy atom. The zero-order valence-corrected chi connectivity index (χ0v) is 19.7. The standard InChI is InChI=1S/C26H26F3N3O4/c1-3-35-24(23-20(28)11-18(34-2)12-21(23)29)26(33)32-13-16-9-8-15(25(30)31)10-22(16)36-14-17-6-4-5-7-19(17)27/h4-12,24H,3,13-14H2,1-2H3,(H3,30,31)(H,32,33). The number of amidine groups is 1. The van der Waals surface area contributed by atoms with Crippen molar-refractivity contribution < 1.29 is 32.2 Å². The summed E-state index contributed by atoms with van der Waals surface area (Å²) in [5.74, 6) is -3.19. The van der Waals surface area contributed by atoms with Crippen molar-refractivity contribution in [1.29, 1.82) is 5.41 Å². The van der Waals surface area contributed by atoms with E-state index in [2.05, 4.69) is 5.32 Å². The molecule has 0 saturated carbocycles. The van der Waals surface area contributed by atoms with Gasteiger partial charge in [0.05, 0.1) is 12.7 Å². The van der Waals surface area contributed by atoms with Crippen molar-refractivity contribution >= 4 is 11.7 Å². The Labute approximate surface area is 206 Å². The number of ether oxygens (including phenoxy) is 3. The number of nitrogens with two attached hydrogens (primary N) is 1. The van der Waals surface area contributed by atoms with Gasteiger partial charge in [-0.1, -0.05) is 30.3 Å². The molecule has 0 bridgehead atoms. The summed E-state index contributed by atoms with van der Waals surface area (Å²) in [5, 5.41) is 10.3. The van der Waals surface area contributed by atoms with Gasteiger partial charge in [-0.3, -0.25) is 10.2 Å². The first-order chi connectivity index (χ1) is 17.2. The van der Waals surface area contributed by atoms with Gasteiger partial charge in [0.15, 0.2) is 6.10 Å².